The first-order valence-corrected chi connectivity index (χ1v) is 8.71. The van der Waals surface area contributed by atoms with Gasteiger partial charge in [0.1, 0.15) is 17.3 Å². The normalized spacial score (nSPS) is 17.6. The smallest absolute Gasteiger partial charge is 0.191 e. The third-order valence-electron chi connectivity index (χ3n) is 4.41. The van der Waals surface area contributed by atoms with Crippen molar-refractivity contribution in [2.75, 3.05) is 25.0 Å². The van der Waals surface area contributed by atoms with Gasteiger partial charge >= 0.3 is 0 Å². The van der Waals surface area contributed by atoms with Crippen LogP contribution in [0.4, 0.5) is 14.5 Å². The average molecular weight is 363 g/mol. The molecule has 1 aromatic heterocycles. The van der Waals surface area contributed by atoms with E-state index in [0.29, 0.717) is 25.6 Å². The van der Waals surface area contributed by atoms with Gasteiger partial charge in [0.2, 0.25) is 0 Å². The van der Waals surface area contributed by atoms with Gasteiger partial charge in [0.25, 0.3) is 0 Å². The van der Waals surface area contributed by atoms with Crippen molar-refractivity contribution in [1.29, 1.82) is 0 Å². The number of rotatable bonds is 5. The van der Waals surface area contributed by atoms with E-state index in [-0.39, 0.29) is 11.7 Å². The van der Waals surface area contributed by atoms with Crippen molar-refractivity contribution in [3.8, 4) is 0 Å². The van der Waals surface area contributed by atoms with Gasteiger partial charge < -0.3 is 20.1 Å². The molecule has 1 fully saturated rings. The Morgan fingerprint density at radius 3 is 2.81 bits per heavy atom. The van der Waals surface area contributed by atoms with Crippen molar-refractivity contribution < 1.29 is 13.3 Å². The highest BCUT2D eigenvalue weighted by molar-refractivity contribution is 5.80. The second-order valence-electron chi connectivity index (χ2n) is 6.21. The summed E-state index contributed by atoms with van der Waals surface area (Å²) in [5.41, 5.74) is 0.941. The van der Waals surface area contributed by atoms with Gasteiger partial charge in [0, 0.05) is 32.2 Å². The predicted molar refractivity (Wildman–Crippen MR) is 96.2 cm³/mol. The summed E-state index contributed by atoms with van der Waals surface area (Å²) in [6.07, 6.45) is 1.58. The van der Waals surface area contributed by atoms with E-state index < -0.39 is 11.6 Å². The minimum Gasteiger partial charge on any atom is -0.365 e. The zero-order valence-electron chi connectivity index (χ0n) is 14.9. The van der Waals surface area contributed by atoms with Crippen molar-refractivity contribution in [3.05, 3.63) is 47.4 Å². The van der Waals surface area contributed by atoms with Crippen LogP contribution < -0.4 is 15.5 Å². The molecule has 8 heteroatoms. The van der Waals surface area contributed by atoms with Crippen LogP contribution in [0.2, 0.25) is 0 Å². The third-order valence-corrected chi connectivity index (χ3v) is 4.41. The Kier molecular flexibility index (Phi) is 5.70. The molecule has 0 aliphatic carbocycles. The standard InChI is InChI=1S/C18H23F2N5O/c1-3-12-9-14(26-24-12)10-22-18(21-2)23-13-7-8-25(11-13)17-15(19)5-4-6-16(17)20/h4-6,9,13H,3,7-8,10-11H2,1-2H3,(H2,21,22,23). The molecule has 0 amide bonds. The summed E-state index contributed by atoms with van der Waals surface area (Å²) in [6.45, 7) is 3.56. The summed E-state index contributed by atoms with van der Waals surface area (Å²) in [6, 6.07) is 5.88. The summed E-state index contributed by atoms with van der Waals surface area (Å²) < 4.78 is 33.1. The molecule has 0 spiro atoms. The van der Waals surface area contributed by atoms with E-state index in [0.717, 1.165) is 24.3 Å². The molecule has 2 heterocycles. The quantitative estimate of drug-likeness (QED) is 0.631. The van der Waals surface area contributed by atoms with Crippen LogP contribution in [0.5, 0.6) is 0 Å². The first-order chi connectivity index (χ1) is 12.6. The fraction of sp³-hybridized carbons (Fsp3) is 0.444. The van der Waals surface area contributed by atoms with Crippen LogP contribution in [-0.2, 0) is 13.0 Å². The lowest BCUT2D eigenvalue weighted by Gasteiger charge is -2.21. The average Bonchev–Trinajstić information content (AvgIpc) is 3.28. The minimum atomic E-state index is -0.537. The van der Waals surface area contributed by atoms with Crippen molar-refractivity contribution in [2.45, 2.75) is 32.4 Å². The molecule has 2 aromatic rings. The summed E-state index contributed by atoms with van der Waals surface area (Å²) >= 11 is 0. The molecule has 6 nitrogen and oxygen atoms in total. The second-order valence-corrected chi connectivity index (χ2v) is 6.21. The van der Waals surface area contributed by atoms with Crippen LogP contribution in [0.1, 0.15) is 24.8 Å². The van der Waals surface area contributed by atoms with Crippen LogP contribution in [0.3, 0.4) is 0 Å². The molecule has 1 aliphatic heterocycles. The van der Waals surface area contributed by atoms with E-state index in [1.54, 1.807) is 11.9 Å². The number of para-hydroxylation sites is 1. The molecular weight excluding hydrogens is 340 g/mol. The van der Waals surface area contributed by atoms with Crippen LogP contribution in [0.25, 0.3) is 0 Å². The van der Waals surface area contributed by atoms with Crippen LogP contribution in [0, 0.1) is 11.6 Å². The summed E-state index contributed by atoms with van der Waals surface area (Å²) in [5.74, 6) is 0.266. The molecule has 26 heavy (non-hydrogen) atoms. The van der Waals surface area contributed by atoms with Crippen LogP contribution in [-0.4, -0.2) is 37.3 Å². The molecule has 140 valence electrons. The Bertz CT molecular complexity index is 756. The van der Waals surface area contributed by atoms with Gasteiger partial charge in [-0.15, -0.1) is 0 Å². The summed E-state index contributed by atoms with van der Waals surface area (Å²) in [7, 11) is 1.68. The van der Waals surface area contributed by atoms with E-state index in [1.807, 2.05) is 13.0 Å². The minimum absolute atomic E-state index is 0.0356. The molecule has 3 rings (SSSR count). The Balaban J connectivity index is 1.55. The van der Waals surface area contributed by atoms with E-state index in [2.05, 4.69) is 20.8 Å². The number of hydrogen-bond donors (Lipinski definition) is 2. The molecule has 2 N–H and O–H groups in total. The molecule has 1 unspecified atom stereocenters. The maximum Gasteiger partial charge on any atom is 0.191 e. The number of nitrogens with zero attached hydrogens (tertiary/aromatic N) is 3. The Morgan fingerprint density at radius 1 is 1.38 bits per heavy atom. The van der Waals surface area contributed by atoms with E-state index in [9.17, 15) is 8.78 Å². The monoisotopic (exact) mass is 363 g/mol. The lowest BCUT2D eigenvalue weighted by Crippen LogP contribution is -2.44. The third kappa shape index (κ3) is 4.12. The van der Waals surface area contributed by atoms with Crippen molar-refractivity contribution >= 4 is 11.6 Å². The first-order valence-electron chi connectivity index (χ1n) is 8.71. The fourth-order valence-electron chi connectivity index (χ4n) is 3.04. The number of halogens is 2. The lowest BCUT2D eigenvalue weighted by atomic mass is 10.2. The van der Waals surface area contributed by atoms with Gasteiger partial charge in [-0.25, -0.2) is 8.78 Å². The van der Waals surface area contributed by atoms with Gasteiger partial charge in [-0.05, 0) is 25.0 Å². The zero-order valence-corrected chi connectivity index (χ0v) is 14.9. The van der Waals surface area contributed by atoms with Crippen LogP contribution >= 0.6 is 0 Å². The number of aromatic nitrogens is 1. The number of benzene rings is 1. The number of aliphatic imine (C=N–C) groups is 1. The summed E-state index contributed by atoms with van der Waals surface area (Å²) in [4.78, 5) is 5.91. The molecule has 1 saturated heterocycles. The van der Waals surface area contributed by atoms with Gasteiger partial charge in [-0.2, -0.15) is 0 Å². The molecule has 0 saturated carbocycles. The number of anilines is 1. The highest BCUT2D eigenvalue weighted by Crippen LogP contribution is 2.26. The van der Waals surface area contributed by atoms with Crippen molar-refractivity contribution in [2.24, 2.45) is 4.99 Å². The first kappa shape index (κ1) is 18.2. The topological polar surface area (TPSA) is 65.7 Å². The van der Waals surface area contributed by atoms with Crippen molar-refractivity contribution in [1.82, 2.24) is 15.8 Å². The highest BCUT2D eigenvalue weighted by atomic mass is 19.1. The summed E-state index contributed by atoms with van der Waals surface area (Å²) in [5, 5.41) is 10.4. The second kappa shape index (κ2) is 8.16. The number of guanidine groups is 1. The van der Waals surface area contributed by atoms with E-state index in [1.165, 1.54) is 18.2 Å². The SMILES string of the molecule is CCc1cc(CNC(=NC)NC2CCN(c3c(F)cccc3F)C2)on1. The van der Waals surface area contributed by atoms with Gasteiger partial charge in [0.05, 0.1) is 12.2 Å². The van der Waals surface area contributed by atoms with E-state index in [4.69, 9.17) is 4.52 Å². The van der Waals surface area contributed by atoms with E-state index >= 15 is 0 Å². The number of nitrogens with one attached hydrogen (secondary N) is 2. The Hall–Kier alpha value is -2.64. The molecule has 0 bridgehead atoms. The number of aryl methyl sites for hydroxylation is 1. The number of hydrogen-bond acceptors (Lipinski definition) is 4. The van der Waals surface area contributed by atoms with Crippen LogP contribution in [0.15, 0.2) is 33.8 Å². The predicted octanol–water partition coefficient (Wildman–Crippen LogP) is 2.46. The van der Waals surface area contributed by atoms with Crippen molar-refractivity contribution in [3.63, 3.8) is 0 Å². The molecule has 0 radical (unpaired) electrons. The van der Waals surface area contributed by atoms with Gasteiger partial charge in [-0.1, -0.05) is 18.1 Å². The molecule has 1 aliphatic rings. The Morgan fingerprint density at radius 2 is 2.15 bits per heavy atom. The van der Waals surface area contributed by atoms with Gasteiger partial charge in [-0.3, -0.25) is 4.99 Å². The zero-order chi connectivity index (χ0) is 18.5. The Labute approximate surface area is 151 Å². The molecule has 1 aromatic carbocycles. The maximum absolute atomic E-state index is 13.9. The maximum atomic E-state index is 13.9. The molecule has 1 atom stereocenters. The largest absolute Gasteiger partial charge is 0.365 e. The fourth-order valence-corrected chi connectivity index (χ4v) is 3.04. The highest BCUT2D eigenvalue weighted by Gasteiger charge is 2.27. The lowest BCUT2D eigenvalue weighted by molar-refractivity contribution is 0.374. The van der Waals surface area contributed by atoms with Gasteiger partial charge in [0.15, 0.2) is 11.7 Å². The molecular formula is C18H23F2N5O.